The third-order valence-corrected chi connectivity index (χ3v) is 6.14. The highest BCUT2D eigenvalue weighted by atomic mass is 35.5. The van der Waals surface area contributed by atoms with E-state index in [2.05, 4.69) is 5.32 Å². The predicted octanol–water partition coefficient (Wildman–Crippen LogP) is 5.67. The van der Waals surface area contributed by atoms with Crippen molar-refractivity contribution < 1.29 is 9.59 Å². The molecule has 0 heterocycles. The molecule has 0 spiro atoms. The molecule has 3 aromatic rings. The molecule has 2 amide bonds. The average Bonchev–Trinajstić information content (AvgIpc) is 2.82. The van der Waals surface area contributed by atoms with Gasteiger partial charge in [-0.1, -0.05) is 84.8 Å². The topological polar surface area (TPSA) is 49.4 Å². The van der Waals surface area contributed by atoms with Crippen LogP contribution in [0.15, 0.2) is 72.8 Å². The van der Waals surface area contributed by atoms with Crippen molar-refractivity contribution in [3.63, 3.8) is 0 Å². The monoisotopic (exact) mass is 476 g/mol. The van der Waals surface area contributed by atoms with Crippen molar-refractivity contribution in [2.45, 2.75) is 52.6 Å². The van der Waals surface area contributed by atoms with E-state index in [4.69, 9.17) is 11.6 Å². The lowest BCUT2D eigenvalue weighted by atomic mass is 9.99. The van der Waals surface area contributed by atoms with E-state index in [0.717, 1.165) is 34.2 Å². The van der Waals surface area contributed by atoms with Crippen molar-refractivity contribution in [1.82, 2.24) is 10.2 Å². The molecule has 0 saturated carbocycles. The molecule has 3 rings (SSSR count). The van der Waals surface area contributed by atoms with Crippen LogP contribution in [0.3, 0.4) is 0 Å². The van der Waals surface area contributed by atoms with Gasteiger partial charge in [0, 0.05) is 24.5 Å². The summed E-state index contributed by atoms with van der Waals surface area (Å²) in [6.07, 6.45) is 1.50. The third-order valence-electron chi connectivity index (χ3n) is 5.91. The van der Waals surface area contributed by atoms with Crippen LogP contribution in [-0.2, 0) is 29.0 Å². The van der Waals surface area contributed by atoms with Crippen LogP contribution in [0.5, 0.6) is 0 Å². The summed E-state index contributed by atoms with van der Waals surface area (Å²) >= 11 is 6.23. The molecule has 178 valence electrons. The Morgan fingerprint density at radius 1 is 0.941 bits per heavy atom. The van der Waals surface area contributed by atoms with Crippen molar-refractivity contribution in [3.8, 4) is 0 Å². The first-order valence-corrected chi connectivity index (χ1v) is 12.2. The third kappa shape index (κ3) is 7.19. The second-order valence-electron chi connectivity index (χ2n) is 8.75. The number of nitrogens with zero attached hydrogens (tertiary/aromatic N) is 1. The molecule has 34 heavy (non-hydrogen) atoms. The number of carbonyl (C=O) groups is 2. The van der Waals surface area contributed by atoms with Gasteiger partial charge in [-0.15, -0.1) is 0 Å². The Kier molecular flexibility index (Phi) is 9.29. The quantitative estimate of drug-likeness (QED) is 0.410. The van der Waals surface area contributed by atoms with E-state index >= 15 is 0 Å². The van der Waals surface area contributed by atoms with Gasteiger partial charge in [-0.25, -0.2) is 0 Å². The maximum atomic E-state index is 13.8. The van der Waals surface area contributed by atoms with Gasteiger partial charge >= 0.3 is 0 Å². The van der Waals surface area contributed by atoms with Crippen LogP contribution in [0.4, 0.5) is 0 Å². The lowest BCUT2D eigenvalue weighted by Crippen LogP contribution is -2.51. The number of aryl methyl sites for hydroxylation is 2. The van der Waals surface area contributed by atoms with Crippen LogP contribution >= 0.6 is 11.6 Å². The molecule has 0 aromatic heterocycles. The maximum absolute atomic E-state index is 13.8. The second-order valence-corrected chi connectivity index (χ2v) is 9.19. The Balaban J connectivity index is 1.98. The van der Waals surface area contributed by atoms with E-state index < -0.39 is 6.04 Å². The summed E-state index contributed by atoms with van der Waals surface area (Å²) < 4.78 is 0. The number of halogens is 1. The predicted molar refractivity (Wildman–Crippen MR) is 139 cm³/mol. The number of benzene rings is 3. The zero-order chi connectivity index (χ0) is 24.5. The summed E-state index contributed by atoms with van der Waals surface area (Å²) in [6, 6.07) is 22.8. The number of hydrogen-bond acceptors (Lipinski definition) is 2. The summed E-state index contributed by atoms with van der Waals surface area (Å²) in [6.45, 7) is 6.93. The zero-order valence-electron chi connectivity index (χ0n) is 20.2. The molecule has 5 heteroatoms. The van der Waals surface area contributed by atoms with Gasteiger partial charge < -0.3 is 10.2 Å². The Morgan fingerprint density at radius 2 is 1.68 bits per heavy atom. The van der Waals surface area contributed by atoms with Gasteiger partial charge in [0.2, 0.25) is 11.8 Å². The molecule has 0 fully saturated rings. The highest BCUT2D eigenvalue weighted by Gasteiger charge is 2.30. The van der Waals surface area contributed by atoms with Gasteiger partial charge in [0.05, 0.1) is 6.42 Å². The van der Waals surface area contributed by atoms with E-state index in [1.807, 2.05) is 93.6 Å². The Morgan fingerprint density at radius 3 is 2.38 bits per heavy atom. The molecule has 0 radical (unpaired) electrons. The minimum absolute atomic E-state index is 0.0822. The fraction of sp³-hybridized carbons (Fsp3) is 0.310. The fourth-order valence-corrected chi connectivity index (χ4v) is 4.22. The van der Waals surface area contributed by atoms with Crippen molar-refractivity contribution in [1.29, 1.82) is 0 Å². The first-order valence-electron chi connectivity index (χ1n) is 11.8. The molecule has 1 atom stereocenters. The largest absolute Gasteiger partial charge is 0.354 e. The van der Waals surface area contributed by atoms with Gasteiger partial charge in [0.15, 0.2) is 0 Å². The van der Waals surface area contributed by atoms with Crippen LogP contribution in [0.2, 0.25) is 5.02 Å². The van der Waals surface area contributed by atoms with Crippen LogP contribution in [0.1, 0.15) is 41.2 Å². The van der Waals surface area contributed by atoms with Crippen LogP contribution in [-0.4, -0.2) is 29.3 Å². The minimum Gasteiger partial charge on any atom is -0.354 e. The molecule has 1 unspecified atom stereocenters. The van der Waals surface area contributed by atoms with Gasteiger partial charge in [0.1, 0.15) is 6.04 Å². The highest BCUT2D eigenvalue weighted by Crippen LogP contribution is 2.20. The molecule has 0 aliphatic heterocycles. The first kappa shape index (κ1) is 25.5. The van der Waals surface area contributed by atoms with Crippen LogP contribution in [0, 0.1) is 13.8 Å². The molecule has 3 aromatic carbocycles. The van der Waals surface area contributed by atoms with Gasteiger partial charge in [-0.2, -0.15) is 0 Å². The normalized spacial score (nSPS) is 11.6. The van der Waals surface area contributed by atoms with E-state index in [-0.39, 0.29) is 18.2 Å². The van der Waals surface area contributed by atoms with E-state index in [0.29, 0.717) is 24.5 Å². The zero-order valence-corrected chi connectivity index (χ0v) is 20.9. The molecule has 0 aliphatic rings. The van der Waals surface area contributed by atoms with Crippen molar-refractivity contribution in [2.24, 2.45) is 0 Å². The minimum atomic E-state index is -0.634. The van der Waals surface area contributed by atoms with Crippen LogP contribution < -0.4 is 5.32 Å². The molecule has 1 N–H and O–H groups in total. The summed E-state index contributed by atoms with van der Waals surface area (Å²) in [5.41, 5.74) is 5.06. The summed E-state index contributed by atoms with van der Waals surface area (Å²) in [5, 5.41) is 3.62. The van der Waals surface area contributed by atoms with Crippen LogP contribution in [0.25, 0.3) is 0 Å². The molecule has 0 bridgehead atoms. The van der Waals surface area contributed by atoms with Crippen molar-refractivity contribution >= 4 is 23.4 Å². The number of carbonyl (C=O) groups excluding carboxylic acids is 2. The number of nitrogens with one attached hydrogen (secondary N) is 1. The highest BCUT2D eigenvalue weighted by molar-refractivity contribution is 6.30. The standard InChI is InChI=1S/C29H33ClN2O2/c1-4-15-31-29(34)27(18-23-9-6-5-7-10-23)32(20-24-11-8-12-26(30)17-24)28(33)19-25-16-21(2)13-14-22(25)3/h5-14,16-17,27H,4,15,18-20H2,1-3H3,(H,31,34). The van der Waals surface area contributed by atoms with E-state index in [1.54, 1.807) is 4.90 Å². The Hall–Kier alpha value is -3.11. The molecular formula is C29H33ClN2O2. The number of hydrogen-bond donors (Lipinski definition) is 1. The number of amides is 2. The van der Waals surface area contributed by atoms with E-state index in [9.17, 15) is 9.59 Å². The SMILES string of the molecule is CCCNC(=O)C(Cc1ccccc1)N(Cc1cccc(Cl)c1)C(=O)Cc1cc(C)ccc1C. The van der Waals surface area contributed by atoms with E-state index in [1.165, 1.54) is 0 Å². The smallest absolute Gasteiger partial charge is 0.243 e. The molecule has 4 nitrogen and oxygen atoms in total. The summed E-state index contributed by atoms with van der Waals surface area (Å²) in [5.74, 6) is -0.219. The average molecular weight is 477 g/mol. The molecule has 0 aliphatic carbocycles. The summed E-state index contributed by atoms with van der Waals surface area (Å²) in [7, 11) is 0. The summed E-state index contributed by atoms with van der Waals surface area (Å²) in [4.78, 5) is 28.9. The van der Waals surface area contributed by atoms with Crippen molar-refractivity contribution in [3.05, 3.63) is 106 Å². The second kappa shape index (κ2) is 12.4. The molecular weight excluding hydrogens is 444 g/mol. The maximum Gasteiger partial charge on any atom is 0.243 e. The number of rotatable bonds is 10. The Bertz CT molecular complexity index is 1110. The van der Waals surface area contributed by atoms with Crippen molar-refractivity contribution in [2.75, 3.05) is 6.54 Å². The Labute approximate surface area is 207 Å². The lowest BCUT2D eigenvalue weighted by molar-refractivity contribution is -0.140. The first-order chi connectivity index (χ1) is 16.4. The van der Waals surface area contributed by atoms with Gasteiger partial charge in [-0.3, -0.25) is 9.59 Å². The lowest BCUT2D eigenvalue weighted by Gasteiger charge is -2.32. The fourth-order valence-electron chi connectivity index (χ4n) is 4.01. The van der Waals surface area contributed by atoms with Gasteiger partial charge in [-0.05, 0) is 54.7 Å². The molecule has 0 saturated heterocycles. The van der Waals surface area contributed by atoms with Gasteiger partial charge in [0.25, 0.3) is 0 Å².